The summed E-state index contributed by atoms with van der Waals surface area (Å²) >= 11 is 0. The first-order valence-electron chi connectivity index (χ1n) is 14.0. The summed E-state index contributed by atoms with van der Waals surface area (Å²) < 4.78 is 0. The van der Waals surface area contributed by atoms with Crippen molar-refractivity contribution in [3.63, 3.8) is 0 Å². The molecule has 4 rings (SSSR count). The highest BCUT2D eigenvalue weighted by molar-refractivity contribution is 6.25. The Morgan fingerprint density at radius 1 is 0.758 bits per heavy atom. The second-order valence-electron chi connectivity index (χ2n) is 10.6. The summed E-state index contributed by atoms with van der Waals surface area (Å²) in [7, 11) is 0. The molecule has 3 heteroatoms. The average molecular weight is 449 g/mol. The van der Waals surface area contributed by atoms with Gasteiger partial charge in [0.05, 0.1) is 11.4 Å². The van der Waals surface area contributed by atoms with Crippen LogP contribution in [0, 0.1) is 11.8 Å². The van der Waals surface area contributed by atoms with Gasteiger partial charge < -0.3 is 5.32 Å². The van der Waals surface area contributed by atoms with Crippen LogP contribution < -0.4 is 5.32 Å². The topological polar surface area (TPSA) is 41.5 Å². The molecule has 0 unspecified atom stereocenters. The molecule has 3 nitrogen and oxygen atoms in total. The molecule has 1 N–H and O–H groups in total. The molecule has 0 heterocycles. The predicted octanol–water partition coefficient (Wildman–Crippen LogP) is 7.65. The summed E-state index contributed by atoms with van der Waals surface area (Å²) in [5.74, 6) is 2.01. The van der Waals surface area contributed by atoms with E-state index in [1.165, 1.54) is 89.9 Å². The van der Waals surface area contributed by atoms with Crippen LogP contribution in [0.5, 0.6) is 0 Å². The van der Waals surface area contributed by atoms with Gasteiger partial charge >= 0.3 is 0 Å². The third-order valence-corrected chi connectivity index (χ3v) is 8.08. The molecule has 0 saturated heterocycles. The fourth-order valence-electron chi connectivity index (χ4n) is 6.07. The number of unbranched alkanes of at least 4 members (excludes halogenated alkanes) is 2. The van der Waals surface area contributed by atoms with Crippen molar-refractivity contribution in [2.24, 2.45) is 16.8 Å². The fourth-order valence-corrected chi connectivity index (χ4v) is 6.07. The molecule has 0 amide bonds. The zero-order chi connectivity index (χ0) is 22.7. The normalized spacial score (nSPS) is 21.2. The first-order valence-corrected chi connectivity index (χ1v) is 14.0. The molecule has 3 aliphatic carbocycles. The maximum absolute atomic E-state index is 13.0. The lowest BCUT2D eigenvalue weighted by Crippen LogP contribution is -2.28. The molecular weight excluding hydrogens is 404 g/mol. The number of aliphatic imine (C=N–C) groups is 1. The first-order chi connectivity index (χ1) is 16.3. The third kappa shape index (κ3) is 7.29. The zero-order valence-corrected chi connectivity index (χ0v) is 20.6. The number of allylic oxidation sites excluding steroid dienone is 2. The van der Waals surface area contributed by atoms with Gasteiger partial charge in [-0.25, -0.2) is 0 Å². The molecule has 1 aromatic rings. The summed E-state index contributed by atoms with van der Waals surface area (Å²) in [6, 6.07) is 7.98. The van der Waals surface area contributed by atoms with E-state index in [1.807, 2.05) is 30.3 Å². The minimum Gasteiger partial charge on any atom is -0.382 e. The Morgan fingerprint density at radius 3 is 2.03 bits per heavy atom. The number of benzene rings is 1. The van der Waals surface area contributed by atoms with Gasteiger partial charge in [0.1, 0.15) is 0 Å². The minimum atomic E-state index is 0.120. The number of fused-ring (bicyclic) bond motifs is 1. The summed E-state index contributed by atoms with van der Waals surface area (Å²) in [4.78, 5) is 18.0. The number of hydrogen-bond donors (Lipinski definition) is 1. The van der Waals surface area contributed by atoms with Crippen molar-refractivity contribution in [1.29, 1.82) is 0 Å². The lowest BCUT2D eigenvalue weighted by Gasteiger charge is -2.22. The van der Waals surface area contributed by atoms with Crippen LogP contribution in [0.3, 0.4) is 0 Å². The van der Waals surface area contributed by atoms with Crippen molar-refractivity contribution < 1.29 is 4.79 Å². The number of Topliss-reactive ketones (excluding diaryl/α,β-unsaturated/α-hetero) is 1. The number of carbonyl (C=O) groups excluding carboxylic acids is 1. The molecule has 3 aliphatic rings. The second-order valence-corrected chi connectivity index (χ2v) is 10.6. The summed E-state index contributed by atoms with van der Waals surface area (Å²) in [5, 5.41) is 3.46. The molecule has 2 saturated carbocycles. The van der Waals surface area contributed by atoms with Gasteiger partial charge in [0, 0.05) is 24.2 Å². The van der Waals surface area contributed by atoms with Crippen molar-refractivity contribution in [3.8, 4) is 0 Å². The maximum atomic E-state index is 13.0. The van der Waals surface area contributed by atoms with Gasteiger partial charge in [0.15, 0.2) is 0 Å². The Bertz CT molecular complexity index is 812. The van der Waals surface area contributed by atoms with E-state index < -0.39 is 0 Å². The molecular formula is C30H44N2O. The van der Waals surface area contributed by atoms with Crippen molar-refractivity contribution in [1.82, 2.24) is 5.32 Å². The summed E-state index contributed by atoms with van der Waals surface area (Å²) in [5.41, 5.74) is 3.50. The standard InChI is InChI=1S/C30H44N2O/c33-30-27-20-8-7-19-26(27)28(31-21-11-9-17-24-13-3-1-4-14-24)23-29(30)32-22-12-10-18-25-15-5-2-6-16-25/h7-8,19-20,23-25,32H,1-6,9-18,21-22H2. The van der Waals surface area contributed by atoms with E-state index in [4.69, 9.17) is 4.99 Å². The molecule has 1 aromatic carbocycles. The first kappa shape index (κ1) is 24.2. The van der Waals surface area contributed by atoms with Crippen LogP contribution in [0.1, 0.15) is 119 Å². The monoisotopic (exact) mass is 448 g/mol. The Balaban J connectivity index is 1.26. The number of ketones is 1. The fraction of sp³-hybridized carbons (Fsp3) is 0.667. The number of hydrogen-bond acceptors (Lipinski definition) is 3. The maximum Gasteiger partial charge on any atom is 0.209 e. The number of carbonyl (C=O) groups is 1. The molecule has 0 atom stereocenters. The van der Waals surface area contributed by atoms with Gasteiger partial charge in [0.2, 0.25) is 5.78 Å². The van der Waals surface area contributed by atoms with Crippen LogP contribution in [0.4, 0.5) is 0 Å². The average Bonchev–Trinajstić information content (AvgIpc) is 2.87. The van der Waals surface area contributed by atoms with Crippen LogP contribution in [-0.4, -0.2) is 24.6 Å². The minimum absolute atomic E-state index is 0.120. The van der Waals surface area contributed by atoms with E-state index in [0.29, 0.717) is 0 Å². The summed E-state index contributed by atoms with van der Waals surface area (Å²) in [6.45, 7) is 1.73. The quantitative estimate of drug-likeness (QED) is 0.353. The van der Waals surface area contributed by atoms with Gasteiger partial charge in [-0.2, -0.15) is 0 Å². The highest BCUT2D eigenvalue weighted by Crippen LogP contribution is 2.29. The molecule has 0 aromatic heterocycles. The Hall–Kier alpha value is -1.90. The SMILES string of the molecule is O=C1C(NCCCCC2CCCCC2)=CC(=NCCCCC2CCCCC2)c2ccccc21. The second kappa shape index (κ2) is 13.1. The largest absolute Gasteiger partial charge is 0.382 e. The molecule has 0 aliphatic heterocycles. The number of nitrogens with zero attached hydrogens (tertiary/aromatic N) is 1. The highest BCUT2D eigenvalue weighted by Gasteiger charge is 2.23. The smallest absolute Gasteiger partial charge is 0.209 e. The van der Waals surface area contributed by atoms with E-state index in [2.05, 4.69) is 5.32 Å². The number of nitrogens with one attached hydrogen (secondary N) is 1. The van der Waals surface area contributed by atoms with Gasteiger partial charge in [0.25, 0.3) is 0 Å². The molecule has 2 fully saturated rings. The van der Waals surface area contributed by atoms with Crippen molar-refractivity contribution in [3.05, 3.63) is 47.2 Å². The highest BCUT2D eigenvalue weighted by atomic mass is 16.1. The van der Waals surface area contributed by atoms with Crippen LogP contribution in [0.2, 0.25) is 0 Å². The predicted molar refractivity (Wildman–Crippen MR) is 139 cm³/mol. The van der Waals surface area contributed by atoms with E-state index in [0.717, 1.165) is 60.3 Å². The Kier molecular flexibility index (Phi) is 9.62. The van der Waals surface area contributed by atoms with Crippen molar-refractivity contribution in [2.75, 3.05) is 13.1 Å². The molecule has 33 heavy (non-hydrogen) atoms. The van der Waals surface area contributed by atoms with Crippen LogP contribution in [0.25, 0.3) is 0 Å². The summed E-state index contributed by atoms with van der Waals surface area (Å²) in [6.07, 6.45) is 23.8. The number of rotatable bonds is 11. The Morgan fingerprint density at radius 2 is 1.36 bits per heavy atom. The van der Waals surface area contributed by atoms with E-state index >= 15 is 0 Å². The lowest BCUT2D eigenvalue weighted by molar-refractivity contribution is 0.102. The van der Waals surface area contributed by atoms with Crippen LogP contribution in [-0.2, 0) is 0 Å². The van der Waals surface area contributed by atoms with Crippen LogP contribution >= 0.6 is 0 Å². The van der Waals surface area contributed by atoms with E-state index in [-0.39, 0.29) is 5.78 Å². The van der Waals surface area contributed by atoms with Crippen molar-refractivity contribution in [2.45, 2.75) is 103 Å². The van der Waals surface area contributed by atoms with Gasteiger partial charge in [-0.3, -0.25) is 9.79 Å². The van der Waals surface area contributed by atoms with Crippen molar-refractivity contribution >= 4 is 11.5 Å². The molecule has 0 spiro atoms. The Labute approximate surface area is 201 Å². The van der Waals surface area contributed by atoms with Gasteiger partial charge in [-0.05, 0) is 30.8 Å². The van der Waals surface area contributed by atoms with E-state index in [9.17, 15) is 4.79 Å². The third-order valence-electron chi connectivity index (χ3n) is 8.08. The molecule has 0 radical (unpaired) electrons. The molecule has 180 valence electrons. The molecule has 0 bridgehead atoms. The van der Waals surface area contributed by atoms with Crippen LogP contribution in [0.15, 0.2) is 41.0 Å². The zero-order valence-electron chi connectivity index (χ0n) is 20.6. The van der Waals surface area contributed by atoms with Gasteiger partial charge in [-0.15, -0.1) is 0 Å². The van der Waals surface area contributed by atoms with Gasteiger partial charge in [-0.1, -0.05) is 114 Å². The van der Waals surface area contributed by atoms with E-state index in [1.54, 1.807) is 0 Å². The lowest BCUT2D eigenvalue weighted by atomic mass is 9.86.